The van der Waals surface area contributed by atoms with Crippen molar-refractivity contribution in [2.75, 3.05) is 13.7 Å². The molecule has 0 aliphatic heterocycles. The lowest BCUT2D eigenvalue weighted by atomic mass is 10.0. The number of ether oxygens (including phenoxy) is 2. The lowest BCUT2D eigenvalue weighted by Crippen LogP contribution is -2.43. The number of carbonyl (C=O) groups is 2. The predicted octanol–water partition coefficient (Wildman–Crippen LogP) is 2.91. The molecule has 0 bridgehead atoms. The van der Waals surface area contributed by atoms with Gasteiger partial charge in [0.1, 0.15) is 12.4 Å². The number of primary amides is 1. The SMILES string of the molecule is COc1ccc([C@@H](C)N[C@H](CCCNC(=O)OCc2ccccc2)C(N)=O)cc1. The number of nitrogens with one attached hydrogen (secondary N) is 2. The third-order valence-electron chi connectivity index (χ3n) is 4.56. The molecule has 2 atom stereocenters. The summed E-state index contributed by atoms with van der Waals surface area (Å²) in [5.41, 5.74) is 7.48. The van der Waals surface area contributed by atoms with Crippen LogP contribution in [0.2, 0.25) is 0 Å². The molecule has 0 unspecified atom stereocenters. The van der Waals surface area contributed by atoms with E-state index in [1.807, 2.05) is 61.5 Å². The second kappa shape index (κ2) is 11.7. The van der Waals surface area contributed by atoms with Crippen molar-refractivity contribution in [2.24, 2.45) is 5.73 Å². The number of carbonyl (C=O) groups excluding carboxylic acids is 2. The predicted molar refractivity (Wildman–Crippen MR) is 111 cm³/mol. The standard InChI is InChI=1S/C22H29N3O4/c1-16(18-10-12-19(28-2)13-11-18)25-20(21(23)26)9-6-14-24-22(27)29-15-17-7-4-3-5-8-17/h3-5,7-8,10-13,16,20,25H,6,9,14-15H2,1-2H3,(H2,23,26)(H,24,27)/t16-,20-/m1/s1. The van der Waals surface area contributed by atoms with E-state index in [0.717, 1.165) is 16.9 Å². The highest BCUT2D eigenvalue weighted by Crippen LogP contribution is 2.18. The summed E-state index contributed by atoms with van der Waals surface area (Å²) < 4.78 is 10.3. The lowest BCUT2D eigenvalue weighted by molar-refractivity contribution is -0.120. The van der Waals surface area contributed by atoms with Crippen LogP contribution in [-0.2, 0) is 16.1 Å². The van der Waals surface area contributed by atoms with E-state index in [1.165, 1.54) is 0 Å². The smallest absolute Gasteiger partial charge is 0.407 e. The Labute approximate surface area is 171 Å². The zero-order valence-electron chi connectivity index (χ0n) is 16.9. The number of hydrogen-bond donors (Lipinski definition) is 3. The molecule has 0 fully saturated rings. The van der Waals surface area contributed by atoms with E-state index in [0.29, 0.717) is 19.4 Å². The van der Waals surface area contributed by atoms with Crippen LogP contribution in [0.1, 0.15) is 36.9 Å². The molecule has 2 amide bonds. The molecule has 0 spiro atoms. The average Bonchev–Trinajstić information content (AvgIpc) is 2.74. The Morgan fingerprint density at radius 1 is 1.07 bits per heavy atom. The summed E-state index contributed by atoms with van der Waals surface area (Å²) in [7, 11) is 1.62. The van der Waals surface area contributed by atoms with Crippen molar-refractivity contribution in [3.63, 3.8) is 0 Å². The first-order valence-electron chi connectivity index (χ1n) is 9.63. The van der Waals surface area contributed by atoms with Gasteiger partial charge in [-0.1, -0.05) is 42.5 Å². The Hall–Kier alpha value is -3.06. The van der Waals surface area contributed by atoms with Crippen molar-refractivity contribution in [1.29, 1.82) is 0 Å². The number of rotatable bonds is 11. The Kier molecular flexibility index (Phi) is 8.98. The van der Waals surface area contributed by atoms with Gasteiger partial charge in [0.25, 0.3) is 0 Å². The molecule has 7 heteroatoms. The Morgan fingerprint density at radius 3 is 2.38 bits per heavy atom. The molecule has 2 aromatic carbocycles. The highest BCUT2D eigenvalue weighted by molar-refractivity contribution is 5.79. The van der Waals surface area contributed by atoms with Gasteiger partial charge in [-0.05, 0) is 43.0 Å². The van der Waals surface area contributed by atoms with Gasteiger partial charge in [0.05, 0.1) is 13.2 Å². The summed E-state index contributed by atoms with van der Waals surface area (Å²) in [5, 5.41) is 5.94. The van der Waals surface area contributed by atoms with Gasteiger partial charge in [0.2, 0.25) is 5.91 Å². The number of nitrogens with two attached hydrogens (primary N) is 1. The van der Waals surface area contributed by atoms with Gasteiger partial charge in [0, 0.05) is 12.6 Å². The number of hydrogen-bond acceptors (Lipinski definition) is 5. The monoisotopic (exact) mass is 399 g/mol. The summed E-state index contributed by atoms with van der Waals surface area (Å²) in [6.45, 7) is 2.59. The van der Waals surface area contributed by atoms with Gasteiger partial charge in [-0.2, -0.15) is 0 Å². The summed E-state index contributed by atoms with van der Waals surface area (Å²) in [4.78, 5) is 23.5. The van der Waals surface area contributed by atoms with Gasteiger partial charge in [-0.25, -0.2) is 4.79 Å². The number of alkyl carbamates (subject to hydrolysis) is 1. The zero-order valence-corrected chi connectivity index (χ0v) is 16.9. The highest BCUT2D eigenvalue weighted by Gasteiger charge is 2.18. The first-order valence-corrected chi connectivity index (χ1v) is 9.63. The Bertz CT molecular complexity index is 765. The van der Waals surface area contributed by atoms with Crippen LogP contribution < -0.4 is 21.1 Å². The van der Waals surface area contributed by atoms with Crippen molar-refractivity contribution in [2.45, 2.75) is 38.5 Å². The minimum absolute atomic E-state index is 0.0535. The van der Waals surface area contributed by atoms with Crippen molar-refractivity contribution >= 4 is 12.0 Å². The number of benzene rings is 2. The third-order valence-corrected chi connectivity index (χ3v) is 4.56. The largest absolute Gasteiger partial charge is 0.497 e. The quantitative estimate of drug-likeness (QED) is 0.504. The summed E-state index contributed by atoms with van der Waals surface area (Å²) in [6.07, 6.45) is 0.620. The molecule has 7 nitrogen and oxygen atoms in total. The summed E-state index contributed by atoms with van der Waals surface area (Å²) in [5.74, 6) is 0.356. The molecule has 0 heterocycles. The second-order valence-electron chi connectivity index (χ2n) is 6.75. The van der Waals surface area contributed by atoms with Gasteiger partial charge in [-0.3, -0.25) is 10.1 Å². The van der Waals surface area contributed by atoms with E-state index in [1.54, 1.807) is 7.11 Å². The van der Waals surface area contributed by atoms with Crippen LogP contribution >= 0.6 is 0 Å². The van der Waals surface area contributed by atoms with E-state index < -0.39 is 18.0 Å². The van der Waals surface area contributed by atoms with Crippen LogP contribution in [0.15, 0.2) is 54.6 Å². The van der Waals surface area contributed by atoms with Crippen LogP contribution in [0, 0.1) is 0 Å². The van der Waals surface area contributed by atoms with Crippen molar-refractivity contribution < 1.29 is 19.1 Å². The molecule has 156 valence electrons. The van der Waals surface area contributed by atoms with E-state index >= 15 is 0 Å². The first kappa shape index (κ1) is 22.2. The maximum Gasteiger partial charge on any atom is 0.407 e. The number of amides is 2. The molecular formula is C22H29N3O4. The van der Waals surface area contributed by atoms with Crippen LogP contribution in [0.5, 0.6) is 5.75 Å². The third kappa shape index (κ3) is 7.83. The maximum absolute atomic E-state index is 11.8. The Morgan fingerprint density at radius 2 is 1.76 bits per heavy atom. The molecule has 2 aromatic rings. The molecule has 0 saturated heterocycles. The van der Waals surface area contributed by atoms with E-state index in [-0.39, 0.29) is 12.6 Å². The van der Waals surface area contributed by atoms with E-state index in [2.05, 4.69) is 10.6 Å². The molecular weight excluding hydrogens is 370 g/mol. The van der Waals surface area contributed by atoms with E-state index in [9.17, 15) is 9.59 Å². The molecule has 0 aromatic heterocycles. The van der Waals surface area contributed by atoms with Gasteiger partial charge in [0.15, 0.2) is 0 Å². The molecule has 0 aliphatic carbocycles. The molecule has 4 N–H and O–H groups in total. The molecule has 2 rings (SSSR count). The van der Waals surface area contributed by atoms with Crippen LogP contribution in [-0.4, -0.2) is 31.7 Å². The minimum Gasteiger partial charge on any atom is -0.497 e. The van der Waals surface area contributed by atoms with Crippen molar-refractivity contribution in [3.8, 4) is 5.75 Å². The number of methoxy groups -OCH3 is 1. The summed E-state index contributed by atoms with van der Waals surface area (Å²) in [6, 6.07) is 16.5. The molecule has 0 radical (unpaired) electrons. The van der Waals surface area contributed by atoms with Crippen LogP contribution in [0.3, 0.4) is 0 Å². The average molecular weight is 399 g/mol. The van der Waals surface area contributed by atoms with Gasteiger partial charge in [-0.15, -0.1) is 0 Å². The fraction of sp³-hybridized carbons (Fsp3) is 0.364. The highest BCUT2D eigenvalue weighted by atomic mass is 16.5. The minimum atomic E-state index is -0.491. The summed E-state index contributed by atoms with van der Waals surface area (Å²) >= 11 is 0. The van der Waals surface area contributed by atoms with Crippen molar-refractivity contribution in [3.05, 3.63) is 65.7 Å². The fourth-order valence-electron chi connectivity index (χ4n) is 2.87. The topological polar surface area (TPSA) is 103 Å². The normalized spacial score (nSPS) is 12.6. The fourth-order valence-corrected chi connectivity index (χ4v) is 2.87. The molecule has 0 aliphatic rings. The van der Waals surface area contributed by atoms with Gasteiger partial charge < -0.3 is 20.5 Å². The zero-order chi connectivity index (χ0) is 21.1. The Balaban J connectivity index is 1.71. The molecule has 0 saturated carbocycles. The van der Waals surface area contributed by atoms with Gasteiger partial charge >= 0.3 is 6.09 Å². The second-order valence-corrected chi connectivity index (χ2v) is 6.75. The first-order chi connectivity index (χ1) is 14.0. The maximum atomic E-state index is 11.8. The van der Waals surface area contributed by atoms with Crippen LogP contribution in [0.4, 0.5) is 4.79 Å². The lowest BCUT2D eigenvalue weighted by Gasteiger charge is -2.21. The molecule has 29 heavy (non-hydrogen) atoms. The van der Waals surface area contributed by atoms with Crippen LogP contribution in [0.25, 0.3) is 0 Å². The van der Waals surface area contributed by atoms with E-state index in [4.69, 9.17) is 15.2 Å². The van der Waals surface area contributed by atoms with Crippen molar-refractivity contribution in [1.82, 2.24) is 10.6 Å².